The monoisotopic (exact) mass is 363 g/mol. The lowest BCUT2D eigenvalue weighted by Crippen LogP contribution is -2.52. The standard InChI is InChI=1S/C16H21N5O3S/c1-2-3-6-20-7-8-21(9-14(20)22)15(23)13-5-4-12(24-13)10-25-16-17-11-18-19-16/h4-5,11H,2-3,6-10H2,1H3,(H,17,18,19). The lowest BCUT2D eigenvalue weighted by atomic mass is 10.2. The summed E-state index contributed by atoms with van der Waals surface area (Å²) in [5, 5.41) is 7.22. The zero-order chi connectivity index (χ0) is 17.6. The number of thioether (sulfide) groups is 1. The minimum absolute atomic E-state index is 0.000652. The van der Waals surface area contributed by atoms with Crippen molar-refractivity contribution in [2.75, 3.05) is 26.2 Å². The number of carbonyl (C=O) groups excluding carboxylic acids is 2. The van der Waals surface area contributed by atoms with Crippen molar-refractivity contribution in [1.29, 1.82) is 0 Å². The summed E-state index contributed by atoms with van der Waals surface area (Å²) in [5.41, 5.74) is 0. The number of amides is 2. The van der Waals surface area contributed by atoms with E-state index in [1.165, 1.54) is 18.1 Å². The van der Waals surface area contributed by atoms with Crippen molar-refractivity contribution in [2.45, 2.75) is 30.7 Å². The first-order chi connectivity index (χ1) is 12.2. The summed E-state index contributed by atoms with van der Waals surface area (Å²) in [6, 6.07) is 3.43. The molecule has 2 aromatic rings. The number of hydrogen-bond acceptors (Lipinski definition) is 6. The van der Waals surface area contributed by atoms with E-state index in [0.29, 0.717) is 29.8 Å². The molecule has 1 N–H and O–H groups in total. The second kappa shape index (κ2) is 8.19. The second-order valence-electron chi connectivity index (χ2n) is 5.81. The molecule has 8 nitrogen and oxygen atoms in total. The van der Waals surface area contributed by atoms with Crippen molar-refractivity contribution < 1.29 is 14.0 Å². The summed E-state index contributed by atoms with van der Waals surface area (Å²) in [7, 11) is 0. The van der Waals surface area contributed by atoms with Crippen LogP contribution in [0.25, 0.3) is 0 Å². The third-order valence-corrected chi connectivity index (χ3v) is 4.90. The molecule has 0 radical (unpaired) electrons. The van der Waals surface area contributed by atoms with E-state index in [2.05, 4.69) is 22.1 Å². The van der Waals surface area contributed by atoms with Gasteiger partial charge in [-0.1, -0.05) is 25.1 Å². The van der Waals surface area contributed by atoms with Crippen molar-refractivity contribution in [1.82, 2.24) is 25.0 Å². The highest BCUT2D eigenvalue weighted by molar-refractivity contribution is 7.98. The van der Waals surface area contributed by atoms with Gasteiger partial charge in [0.25, 0.3) is 5.91 Å². The van der Waals surface area contributed by atoms with Gasteiger partial charge in [-0.2, -0.15) is 5.10 Å². The average molecular weight is 363 g/mol. The maximum Gasteiger partial charge on any atom is 0.290 e. The van der Waals surface area contributed by atoms with Gasteiger partial charge in [0.05, 0.1) is 5.75 Å². The Morgan fingerprint density at radius 3 is 3.00 bits per heavy atom. The predicted octanol–water partition coefficient (Wildman–Crippen LogP) is 1.77. The number of carbonyl (C=O) groups is 2. The van der Waals surface area contributed by atoms with Crippen LogP contribution in [0.4, 0.5) is 0 Å². The number of piperazine rings is 1. The first-order valence-electron chi connectivity index (χ1n) is 8.31. The highest BCUT2D eigenvalue weighted by atomic mass is 32.2. The highest BCUT2D eigenvalue weighted by Crippen LogP contribution is 2.21. The number of H-pyrrole nitrogens is 1. The number of furan rings is 1. The van der Waals surface area contributed by atoms with Gasteiger partial charge in [0.2, 0.25) is 5.91 Å². The molecule has 0 bridgehead atoms. The molecule has 0 spiro atoms. The van der Waals surface area contributed by atoms with Crippen LogP contribution in [0.3, 0.4) is 0 Å². The zero-order valence-electron chi connectivity index (χ0n) is 14.1. The molecule has 2 aromatic heterocycles. The average Bonchev–Trinajstić information content (AvgIpc) is 3.30. The molecule has 0 saturated carbocycles. The van der Waals surface area contributed by atoms with E-state index in [-0.39, 0.29) is 24.1 Å². The maximum absolute atomic E-state index is 12.5. The van der Waals surface area contributed by atoms with Gasteiger partial charge in [-0.15, -0.1) is 0 Å². The van der Waals surface area contributed by atoms with E-state index in [1.807, 2.05) is 4.90 Å². The van der Waals surface area contributed by atoms with E-state index in [4.69, 9.17) is 4.42 Å². The number of nitrogens with one attached hydrogen (secondary N) is 1. The minimum Gasteiger partial charge on any atom is -0.455 e. The molecular weight excluding hydrogens is 342 g/mol. The Balaban J connectivity index is 1.54. The van der Waals surface area contributed by atoms with Crippen LogP contribution in [0, 0.1) is 0 Å². The van der Waals surface area contributed by atoms with Crippen LogP contribution >= 0.6 is 11.8 Å². The molecule has 9 heteroatoms. The van der Waals surface area contributed by atoms with E-state index >= 15 is 0 Å². The Hall–Kier alpha value is -2.29. The third-order valence-electron chi connectivity index (χ3n) is 4.00. The molecule has 134 valence electrons. The van der Waals surface area contributed by atoms with Gasteiger partial charge in [0.15, 0.2) is 10.9 Å². The summed E-state index contributed by atoms with van der Waals surface area (Å²) >= 11 is 1.44. The maximum atomic E-state index is 12.5. The first-order valence-corrected chi connectivity index (χ1v) is 9.30. The van der Waals surface area contributed by atoms with Crippen molar-refractivity contribution in [3.8, 4) is 0 Å². The highest BCUT2D eigenvalue weighted by Gasteiger charge is 2.28. The Kier molecular flexibility index (Phi) is 5.75. The van der Waals surface area contributed by atoms with Crippen LogP contribution in [0.15, 0.2) is 28.0 Å². The summed E-state index contributed by atoms with van der Waals surface area (Å²) in [6.45, 7) is 4.10. The molecule has 25 heavy (non-hydrogen) atoms. The van der Waals surface area contributed by atoms with Crippen LogP contribution in [-0.4, -0.2) is 63.0 Å². The largest absolute Gasteiger partial charge is 0.455 e. The summed E-state index contributed by atoms with van der Waals surface area (Å²) in [5.74, 6) is 1.26. The van der Waals surface area contributed by atoms with E-state index in [1.54, 1.807) is 17.0 Å². The van der Waals surface area contributed by atoms with Crippen molar-refractivity contribution in [2.24, 2.45) is 0 Å². The smallest absolute Gasteiger partial charge is 0.290 e. The Labute approximate surface area is 150 Å². The quantitative estimate of drug-likeness (QED) is 0.754. The fourth-order valence-electron chi connectivity index (χ4n) is 2.60. The van der Waals surface area contributed by atoms with Crippen LogP contribution in [-0.2, 0) is 10.5 Å². The van der Waals surface area contributed by atoms with Crippen LogP contribution in [0.1, 0.15) is 36.1 Å². The summed E-state index contributed by atoms with van der Waals surface area (Å²) < 4.78 is 5.62. The third kappa shape index (κ3) is 4.41. The molecule has 3 heterocycles. The molecule has 0 unspecified atom stereocenters. The van der Waals surface area contributed by atoms with E-state index in [0.717, 1.165) is 19.4 Å². The van der Waals surface area contributed by atoms with Crippen LogP contribution < -0.4 is 0 Å². The number of aromatic amines is 1. The Morgan fingerprint density at radius 2 is 2.28 bits per heavy atom. The van der Waals surface area contributed by atoms with Gasteiger partial charge in [-0.05, 0) is 18.6 Å². The lowest BCUT2D eigenvalue weighted by molar-refractivity contribution is -0.135. The lowest BCUT2D eigenvalue weighted by Gasteiger charge is -2.33. The fraction of sp³-hybridized carbons (Fsp3) is 0.500. The molecule has 0 aromatic carbocycles. The molecule has 3 rings (SSSR count). The normalized spacial score (nSPS) is 15.0. The second-order valence-corrected chi connectivity index (χ2v) is 6.77. The number of unbranched alkanes of at least 4 members (excludes halogenated alkanes) is 1. The van der Waals surface area contributed by atoms with Crippen LogP contribution in [0.5, 0.6) is 0 Å². The van der Waals surface area contributed by atoms with E-state index < -0.39 is 0 Å². The number of nitrogens with zero attached hydrogens (tertiary/aromatic N) is 4. The molecule has 1 saturated heterocycles. The van der Waals surface area contributed by atoms with Gasteiger partial charge in [0.1, 0.15) is 18.6 Å². The zero-order valence-corrected chi connectivity index (χ0v) is 14.9. The minimum atomic E-state index is -0.237. The van der Waals surface area contributed by atoms with Crippen molar-refractivity contribution in [3.05, 3.63) is 30.0 Å². The molecule has 1 aliphatic heterocycles. The van der Waals surface area contributed by atoms with Crippen molar-refractivity contribution >= 4 is 23.6 Å². The predicted molar refractivity (Wildman–Crippen MR) is 92.0 cm³/mol. The van der Waals surface area contributed by atoms with Gasteiger partial charge < -0.3 is 14.2 Å². The van der Waals surface area contributed by atoms with Gasteiger partial charge >= 0.3 is 0 Å². The van der Waals surface area contributed by atoms with E-state index in [9.17, 15) is 9.59 Å². The molecule has 2 amide bonds. The summed E-state index contributed by atoms with van der Waals surface area (Å²) in [4.78, 5) is 32.1. The fourth-order valence-corrected chi connectivity index (χ4v) is 3.27. The molecule has 1 fully saturated rings. The number of aromatic nitrogens is 3. The van der Waals surface area contributed by atoms with Gasteiger partial charge in [0, 0.05) is 19.6 Å². The van der Waals surface area contributed by atoms with Gasteiger partial charge in [-0.3, -0.25) is 14.7 Å². The molecule has 1 aliphatic rings. The summed E-state index contributed by atoms with van der Waals surface area (Å²) in [6.07, 6.45) is 3.48. The Morgan fingerprint density at radius 1 is 1.40 bits per heavy atom. The Bertz CT molecular complexity index is 715. The SMILES string of the molecule is CCCCN1CCN(C(=O)c2ccc(CSc3ncn[nH]3)o2)CC1=O. The molecule has 0 aliphatic carbocycles. The van der Waals surface area contributed by atoms with Crippen molar-refractivity contribution in [3.63, 3.8) is 0 Å². The van der Waals surface area contributed by atoms with Gasteiger partial charge in [-0.25, -0.2) is 4.98 Å². The number of rotatable bonds is 7. The topological polar surface area (TPSA) is 95.3 Å². The number of hydrogen-bond donors (Lipinski definition) is 1. The first kappa shape index (κ1) is 17.5. The van der Waals surface area contributed by atoms with Crippen LogP contribution in [0.2, 0.25) is 0 Å². The molecular formula is C16H21N5O3S. The molecule has 0 atom stereocenters.